The molecule has 7 heteroatoms. The Kier molecular flexibility index (Phi) is 6.32. The van der Waals surface area contributed by atoms with Crippen molar-refractivity contribution in [3.63, 3.8) is 0 Å². The lowest BCUT2D eigenvalue weighted by molar-refractivity contribution is -0.384. The molecule has 0 saturated carbocycles. The second-order valence-electron chi connectivity index (χ2n) is 5.84. The minimum Gasteiger partial charge on any atom is -0.489 e. The van der Waals surface area contributed by atoms with Gasteiger partial charge in [-0.25, -0.2) is 0 Å². The summed E-state index contributed by atoms with van der Waals surface area (Å²) in [7, 11) is 0. The van der Waals surface area contributed by atoms with E-state index < -0.39 is 4.92 Å². The first-order valence-electron chi connectivity index (χ1n) is 8.15. The highest BCUT2D eigenvalue weighted by Crippen LogP contribution is 2.26. The van der Waals surface area contributed by atoms with E-state index in [9.17, 15) is 10.1 Å². The Bertz CT molecular complexity index is 948. The molecular formula is C20H16BrClN2O3. The van der Waals surface area contributed by atoms with Crippen molar-refractivity contribution in [1.29, 1.82) is 0 Å². The summed E-state index contributed by atoms with van der Waals surface area (Å²) in [6.45, 7) is 0.976. The molecule has 3 aromatic rings. The van der Waals surface area contributed by atoms with Crippen LogP contribution in [0.25, 0.3) is 0 Å². The molecule has 0 unspecified atom stereocenters. The van der Waals surface area contributed by atoms with Gasteiger partial charge in [0.25, 0.3) is 5.69 Å². The van der Waals surface area contributed by atoms with Crippen LogP contribution in [-0.2, 0) is 13.2 Å². The molecule has 0 spiro atoms. The Hall–Kier alpha value is -2.57. The first kappa shape index (κ1) is 19.2. The number of nitrogens with one attached hydrogen (secondary N) is 1. The molecule has 0 aliphatic rings. The second kappa shape index (κ2) is 8.88. The van der Waals surface area contributed by atoms with Gasteiger partial charge in [0.1, 0.15) is 12.4 Å². The van der Waals surface area contributed by atoms with Crippen molar-refractivity contribution in [2.45, 2.75) is 13.2 Å². The normalized spacial score (nSPS) is 10.4. The Morgan fingerprint density at radius 1 is 1.04 bits per heavy atom. The number of halogens is 2. The fraction of sp³-hybridized carbons (Fsp3) is 0.100. The lowest BCUT2D eigenvalue weighted by Crippen LogP contribution is -2.01. The number of hydrogen-bond acceptors (Lipinski definition) is 4. The van der Waals surface area contributed by atoms with E-state index in [0.717, 1.165) is 27.0 Å². The van der Waals surface area contributed by atoms with Crippen LogP contribution < -0.4 is 10.1 Å². The van der Waals surface area contributed by atoms with Crippen molar-refractivity contribution >= 4 is 38.9 Å². The maximum Gasteiger partial charge on any atom is 0.269 e. The number of nitrogens with zero attached hydrogens (tertiary/aromatic N) is 1. The van der Waals surface area contributed by atoms with Crippen LogP contribution in [0.15, 0.2) is 71.2 Å². The first-order valence-corrected chi connectivity index (χ1v) is 9.32. The van der Waals surface area contributed by atoms with Crippen molar-refractivity contribution in [1.82, 2.24) is 0 Å². The van der Waals surface area contributed by atoms with Gasteiger partial charge in [-0.2, -0.15) is 0 Å². The van der Waals surface area contributed by atoms with E-state index >= 15 is 0 Å². The lowest BCUT2D eigenvalue weighted by Gasteiger charge is -2.10. The summed E-state index contributed by atoms with van der Waals surface area (Å²) >= 11 is 9.48. The van der Waals surface area contributed by atoms with Gasteiger partial charge in [-0.1, -0.05) is 23.7 Å². The highest BCUT2D eigenvalue weighted by Gasteiger charge is 2.05. The number of hydrogen-bond donors (Lipinski definition) is 1. The molecule has 138 valence electrons. The van der Waals surface area contributed by atoms with Gasteiger partial charge in [0.2, 0.25) is 0 Å². The molecule has 27 heavy (non-hydrogen) atoms. The summed E-state index contributed by atoms with van der Waals surface area (Å²) in [5, 5.41) is 14.7. The number of ether oxygens (including phenoxy) is 1. The average Bonchev–Trinajstić information content (AvgIpc) is 2.68. The van der Waals surface area contributed by atoms with Crippen LogP contribution >= 0.6 is 27.5 Å². The summed E-state index contributed by atoms with van der Waals surface area (Å²) < 4.78 is 6.65. The smallest absolute Gasteiger partial charge is 0.269 e. The molecule has 5 nitrogen and oxygen atoms in total. The van der Waals surface area contributed by atoms with Gasteiger partial charge < -0.3 is 10.1 Å². The van der Waals surface area contributed by atoms with E-state index in [0.29, 0.717) is 18.2 Å². The third-order valence-corrected chi connectivity index (χ3v) is 5.10. The van der Waals surface area contributed by atoms with E-state index in [1.54, 1.807) is 12.1 Å². The predicted molar refractivity (Wildman–Crippen MR) is 110 cm³/mol. The van der Waals surface area contributed by atoms with E-state index in [-0.39, 0.29) is 5.69 Å². The highest BCUT2D eigenvalue weighted by molar-refractivity contribution is 9.10. The molecule has 0 heterocycles. The fourth-order valence-corrected chi connectivity index (χ4v) is 2.86. The van der Waals surface area contributed by atoms with Gasteiger partial charge in [0, 0.05) is 28.8 Å². The van der Waals surface area contributed by atoms with Crippen LogP contribution in [-0.4, -0.2) is 4.92 Å². The van der Waals surface area contributed by atoms with Gasteiger partial charge in [-0.05, 0) is 69.5 Å². The van der Waals surface area contributed by atoms with Crippen molar-refractivity contribution in [2.24, 2.45) is 0 Å². The average molecular weight is 448 g/mol. The molecule has 0 aromatic heterocycles. The third-order valence-electron chi connectivity index (χ3n) is 3.87. The van der Waals surface area contributed by atoms with Crippen LogP contribution in [0.3, 0.4) is 0 Å². The molecule has 0 aliphatic heterocycles. The minimum absolute atomic E-state index is 0.0693. The van der Waals surface area contributed by atoms with E-state index in [4.69, 9.17) is 16.3 Å². The lowest BCUT2D eigenvalue weighted by atomic mass is 10.2. The highest BCUT2D eigenvalue weighted by atomic mass is 79.9. The third kappa shape index (κ3) is 5.45. The summed E-state index contributed by atoms with van der Waals surface area (Å²) in [4.78, 5) is 10.3. The van der Waals surface area contributed by atoms with Crippen LogP contribution in [0.2, 0.25) is 5.02 Å². The van der Waals surface area contributed by atoms with Gasteiger partial charge in [0.15, 0.2) is 0 Å². The second-order valence-corrected chi connectivity index (χ2v) is 7.10. The van der Waals surface area contributed by atoms with Crippen LogP contribution in [0.1, 0.15) is 11.1 Å². The maximum absolute atomic E-state index is 10.7. The SMILES string of the molecule is O=[N+]([O-])c1ccc(COc2cccc(CNc3ccc(Br)c(Cl)c3)c2)cc1. The number of non-ortho nitro benzene ring substituents is 1. The molecular weight excluding hydrogens is 432 g/mol. The number of nitro groups is 1. The Morgan fingerprint density at radius 3 is 2.52 bits per heavy atom. The van der Waals surface area contributed by atoms with Gasteiger partial charge in [0.05, 0.1) is 9.95 Å². The van der Waals surface area contributed by atoms with Crippen LogP contribution in [0, 0.1) is 10.1 Å². The molecule has 0 amide bonds. The van der Waals surface area contributed by atoms with Crippen LogP contribution in [0.5, 0.6) is 5.75 Å². The zero-order valence-electron chi connectivity index (χ0n) is 14.2. The Labute approximate surface area is 170 Å². The number of benzene rings is 3. The zero-order chi connectivity index (χ0) is 19.2. The van der Waals surface area contributed by atoms with Gasteiger partial charge >= 0.3 is 0 Å². The van der Waals surface area contributed by atoms with Crippen LogP contribution in [0.4, 0.5) is 11.4 Å². The van der Waals surface area contributed by atoms with Gasteiger partial charge in [-0.3, -0.25) is 10.1 Å². The minimum atomic E-state index is -0.417. The summed E-state index contributed by atoms with van der Waals surface area (Å²) in [6.07, 6.45) is 0. The molecule has 3 aromatic carbocycles. The summed E-state index contributed by atoms with van der Waals surface area (Å²) in [6, 6.07) is 19.8. The zero-order valence-corrected chi connectivity index (χ0v) is 16.5. The monoisotopic (exact) mass is 446 g/mol. The number of rotatable bonds is 7. The standard InChI is InChI=1S/C20H16BrClN2O3/c21-19-9-6-16(11-20(19)22)23-12-15-2-1-3-18(10-15)27-13-14-4-7-17(8-5-14)24(25)26/h1-11,23H,12-13H2. The molecule has 0 radical (unpaired) electrons. The predicted octanol–water partition coefficient (Wildman–Crippen LogP) is 6.20. The number of anilines is 1. The molecule has 0 saturated heterocycles. The Morgan fingerprint density at radius 2 is 1.81 bits per heavy atom. The Balaban J connectivity index is 1.58. The van der Waals surface area contributed by atoms with Crippen molar-refractivity contribution < 1.29 is 9.66 Å². The first-order chi connectivity index (χ1) is 13.0. The largest absolute Gasteiger partial charge is 0.489 e. The molecule has 0 bridgehead atoms. The van der Waals surface area contributed by atoms with Crippen molar-refractivity contribution in [3.8, 4) is 5.75 Å². The fourth-order valence-electron chi connectivity index (χ4n) is 2.44. The number of nitro benzene ring substituents is 1. The summed E-state index contributed by atoms with van der Waals surface area (Å²) in [5.74, 6) is 0.737. The van der Waals surface area contributed by atoms with Gasteiger partial charge in [-0.15, -0.1) is 0 Å². The topological polar surface area (TPSA) is 64.4 Å². The molecule has 0 fully saturated rings. The molecule has 1 N–H and O–H groups in total. The summed E-state index contributed by atoms with van der Waals surface area (Å²) in [5.41, 5.74) is 2.93. The molecule has 0 aliphatic carbocycles. The quantitative estimate of drug-likeness (QED) is 0.346. The molecule has 0 atom stereocenters. The molecule has 3 rings (SSSR count). The van der Waals surface area contributed by atoms with E-state index in [2.05, 4.69) is 21.2 Å². The van der Waals surface area contributed by atoms with Crippen molar-refractivity contribution in [2.75, 3.05) is 5.32 Å². The van der Waals surface area contributed by atoms with E-state index in [1.165, 1.54) is 12.1 Å². The maximum atomic E-state index is 10.7. The van der Waals surface area contributed by atoms with Crippen molar-refractivity contribution in [3.05, 3.63) is 97.5 Å². The van der Waals surface area contributed by atoms with E-state index in [1.807, 2.05) is 42.5 Å².